The van der Waals surface area contributed by atoms with Crippen LogP contribution in [-0.4, -0.2) is 63.0 Å². The molecule has 1 saturated heterocycles. The van der Waals surface area contributed by atoms with Gasteiger partial charge in [-0.25, -0.2) is 18.7 Å². The van der Waals surface area contributed by atoms with Crippen molar-refractivity contribution in [1.82, 2.24) is 19.5 Å². The molecular formula is C10H16Li3N5O13P3+3. The van der Waals surface area contributed by atoms with Gasteiger partial charge in [-0.1, -0.05) is 0 Å². The number of rotatable bonds is 8. The number of aliphatic hydroxyl groups is 1. The van der Waals surface area contributed by atoms with Crippen molar-refractivity contribution in [2.45, 2.75) is 24.9 Å². The molecule has 5 atom stereocenters. The average Bonchev–Trinajstić information content (AvgIpc) is 3.13. The van der Waals surface area contributed by atoms with Crippen molar-refractivity contribution < 1.29 is 113 Å². The first-order chi connectivity index (χ1) is 14.2. The van der Waals surface area contributed by atoms with Crippen LogP contribution in [0, 0.1) is 0 Å². The predicted octanol–water partition coefficient (Wildman–Crippen LogP) is -10.3. The minimum Gasteiger partial charge on any atom is -0.390 e. The van der Waals surface area contributed by atoms with Crippen LogP contribution in [0.5, 0.6) is 0 Å². The summed E-state index contributed by atoms with van der Waals surface area (Å²) in [5.41, 5.74) is 4.89. The van der Waals surface area contributed by atoms with Gasteiger partial charge in [0, 0.05) is 6.42 Å². The van der Waals surface area contributed by atoms with E-state index in [4.69, 9.17) is 25.2 Å². The number of phosphoric ester groups is 1. The summed E-state index contributed by atoms with van der Waals surface area (Å²) in [6.07, 6.45) is -2.36. The van der Waals surface area contributed by atoms with Crippen molar-refractivity contribution in [3.05, 3.63) is 16.7 Å². The summed E-state index contributed by atoms with van der Waals surface area (Å²) in [7, 11) is -16.6. The second-order valence-electron chi connectivity index (χ2n) is 6.09. The van der Waals surface area contributed by atoms with E-state index < -0.39 is 54.1 Å². The first kappa shape index (κ1) is 34.3. The molecule has 2 aromatic heterocycles. The number of hydrogen-bond acceptors (Lipinski definition) is 12. The number of imidazole rings is 1. The van der Waals surface area contributed by atoms with E-state index in [9.17, 15) is 28.5 Å². The summed E-state index contributed by atoms with van der Waals surface area (Å²) < 4.78 is 52.1. The fraction of sp³-hybridized carbons (Fsp3) is 0.500. The van der Waals surface area contributed by atoms with E-state index in [1.165, 1.54) is 10.9 Å². The second kappa shape index (κ2) is 12.7. The first-order valence-corrected chi connectivity index (χ1v) is 12.5. The van der Waals surface area contributed by atoms with Crippen LogP contribution in [-0.2, 0) is 31.6 Å². The fourth-order valence-electron chi connectivity index (χ4n) is 2.66. The smallest absolute Gasteiger partial charge is 0.390 e. The molecule has 24 heteroatoms. The Hall–Kier alpha value is 0.272. The Morgan fingerprint density at radius 1 is 1.15 bits per heavy atom. The van der Waals surface area contributed by atoms with Crippen LogP contribution >= 0.6 is 23.5 Å². The van der Waals surface area contributed by atoms with Gasteiger partial charge in [0.15, 0.2) is 11.2 Å². The second-order valence-corrected chi connectivity index (χ2v) is 10.5. The van der Waals surface area contributed by atoms with E-state index in [1.54, 1.807) is 0 Å². The number of nitrogens with one attached hydrogen (secondary N) is 1. The van der Waals surface area contributed by atoms with Crippen LogP contribution < -0.4 is 67.9 Å². The number of ether oxygens (including phenoxy) is 1. The largest absolute Gasteiger partial charge is 1.00 e. The first-order valence-electron chi connectivity index (χ1n) is 8.00. The van der Waals surface area contributed by atoms with Crippen molar-refractivity contribution in [1.29, 1.82) is 0 Å². The zero-order valence-electron chi connectivity index (χ0n) is 18.0. The number of aromatic amines is 1. The van der Waals surface area contributed by atoms with E-state index in [0.29, 0.717) is 0 Å². The van der Waals surface area contributed by atoms with Gasteiger partial charge in [0.1, 0.15) is 12.3 Å². The summed E-state index contributed by atoms with van der Waals surface area (Å²) in [6.45, 7) is -0.843. The van der Waals surface area contributed by atoms with Gasteiger partial charge in [0.25, 0.3) is 5.56 Å². The third-order valence-corrected chi connectivity index (χ3v) is 7.59. The fourth-order valence-corrected chi connectivity index (χ4v) is 5.69. The number of H-pyrrole nitrogens is 1. The molecular weight excluding hydrogens is 512 g/mol. The Kier molecular flexibility index (Phi) is 12.8. The van der Waals surface area contributed by atoms with Gasteiger partial charge in [-0.15, -0.1) is 0 Å². The van der Waals surface area contributed by atoms with E-state index in [2.05, 4.69) is 28.1 Å². The molecule has 1 aliphatic rings. The Morgan fingerprint density at radius 3 is 2.35 bits per heavy atom. The maximum Gasteiger partial charge on any atom is 1.00 e. The van der Waals surface area contributed by atoms with E-state index in [1.807, 2.05) is 0 Å². The van der Waals surface area contributed by atoms with Crippen molar-refractivity contribution in [3.63, 3.8) is 0 Å². The number of phosphoric acid groups is 3. The Labute approximate surface area is 225 Å². The Balaban J connectivity index is 0.00000363. The van der Waals surface area contributed by atoms with Crippen molar-refractivity contribution in [2.75, 3.05) is 12.3 Å². The molecule has 34 heavy (non-hydrogen) atoms. The third kappa shape index (κ3) is 8.98. The standard InChI is InChI=1S/C10H16N5O13P3.3Li/c11-10-13-8-7(9(17)14-10)12-3-15(8)6-1-4(16)5(26-6)2-25-30(21,22)28-31(23,24)27-29(18,19)20;;;/h3-6,16H,1-2H2,(H,21,22)(H,23,24)(H2,18,19,20)(H3,11,13,14,17);;;/q;3*+1/t4-,5+,6+;;;/m0.../s1. The summed E-state index contributed by atoms with van der Waals surface area (Å²) in [5, 5.41) is 10.1. The number of nitrogens with zero attached hydrogens (tertiary/aromatic N) is 3. The zero-order chi connectivity index (χ0) is 23.2. The van der Waals surface area contributed by atoms with Gasteiger partial charge in [0.05, 0.1) is 19.0 Å². The molecule has 0 aromatic carbocycles. The molecule has 174 valence electrons. The predicted molar refractivity (Wildman–Crippen MR) is 96.9 cm³/mol. The molecule has 0 spiro atoms. The molecule has 0 saturated carbocycles. The molecule has 3 rings (SSSR count). The van der Waals surface area contributed by atoms with E-state index in [-0.39, 0.29) is 80.1 Å². The Morgan fingerprint density at radius 2 is 1.76 bits per heavy atom. The molecule has 8 N–H and O–H groups in total. The van der Waals surface area contributed by atoms with Gasteiger partial charge in [-0.3, -0.25) is 18.9 Å². The topological polar surface area (TPSA) is 279 Å². The molecule has 3 heterocycles. The van der Waals surface area contributed by atoms with Crippen molar-refractivity contribution in [3.8, 4) is 0 Å². The van der Waals surface area contributed by atoms with Gasteiger partial charge in [0.2, 0.25) is 5.95 Å². The molecule has 0 bridgehead atoms. The number of hydrogen-bond donors (Lipinski definition) is 7. The molecule has 0 amide bonds. The molecule has 2 unspecified atom stereocenters. The SMILES string of the molecule is Nc1nc2c(ncn2[C@H]2C[C@H](O)[C@@H](COP(=O)(O)OP(=O)(O)OP(=O)(O)O)O2)c(=O)[nH]1.[Li+].[Li+].[Li+]. The number of nitrogen functional groups attached to an aromatic ring is 1. The maximum atomic E-state index is 11.8. The van der Waals surface area contributed by atoms with Gasteiger partial charge in [-0.05, 0) is 0 Å². The maximum absolute atomic E-state index is 11.8. The van der Waals surface area contributed by atoms with Crippen molar-refractivity contribution >= 4 is 40.6 Å². The normalized spacial score (nSPS) is 23.7. The van der Waals surface area contributed by atoms with Crippen LogP contribution in [0.1, 0.15) is 12.6 Å². The molecule has 1 fully saturated rings. The molecule has 0 aliphatic carbocycles. The minimum absolute atomic E-state index is 0. The number of anilines is 1. The summed E-state index contributed by atoms with van der Waals surface area (Å²) >= 11 is 0. The molecule has 18 nitrogen and oxygen atoms in total. The minimum atomic E-state index is -5.67. The van der Waals surface area contributed by atoms with Crippen LogP contribution in [0.25, 0.3) is 11.2 Å². The summed E-state index contributed by atoms with van der Waals surface area (Å²) in [6, 6.07) is 0. The average molecular weight is 528 g/mol. The van der Waals surface area contributed by atoms with Crippen LogP contribution in [0.2, 0.25) is 0 Å². The number of aliphatic hydroxyl groups excluding tert-OH is 1. The van der Waals surface area contributed by atoms with Gasteiger partial charge < -0.3 is 35.2 Å². The zero-order valence-corrected chi connectivity index (χ0v) is 20.7. The van der Waals surface area contributed by atoms with E-state index in [0.717, 1.165) is 0 Å². The van der Waals surface area contributed by atoms with Crippen LogP contribution in [0.4, 0.5) is 5.95 Å². The monoisotopic (exact) mass is 528 g/mol. The molecule has 0 radical (unpaired) electrons. The third-order valence-electron chi connectivity index (χ3n) is 3.78. The number of aromatic nitrogens is 4. The summed E-state index contributed by atoms with van der Waals surface area (Å²) in [5.74, 6) is -0.193. The van der Waals surface area contributed by atoms with Gasteiger partial charge in [-0.2, -0.15) is 13.6 Å². The quantitative estimate of drug-likeness (QED) is 0.124. The van der Waals surface area contributed by atoms with Gasteiger partial charge >= 0.3 is 80.0 Å². The molecule has 1 aliphatic heterocycles. The van der Waals surface area contributed by atoms with Crippen LogP contribution in [0.15, 0.2) is 11.1 Å². The Bertz CT molecular complexity index is 1190. The number of nitrogens with two attached hydrogens (primary N) is 1. The molecule has 2 aromatic rings. The summed E-state index contributed by atoms with van der Waals surface area (Å²) in [4.78, 5) is 57.5. The van der Waals surface area contributed by atoms with Crippen LogP contribution in [0.3, 0.4) is 0 Å². The van der Waals surface area contributed by atoms with E-state index >= 15 is 0 Å². The number of fused-ring (bicyclic) bond motifs is 1. The van der Waals surface area contributed by atoms with Crippen molar-refractivity contribution in [2.24, 2.45) is 0 Å².